The third kappa shape index (κ3) is 6.32. The van der Waals surface area contributed by atoms with Gasteiger partial charge in [-0.2, -0.15) is 0 Å². The van der Waals surface area contributed by atoms with Crippen LogP contribution in [-0.4, -0.2) is 4.57 Å². The summed E-state index contributed by atoms with van der Waals surface area (Å²) in [7, 11) is 0. The van der Waals surface area contributed by atoms with Crippen molar-refractivity contribution in [2.45, 2.75) is 0 Å². The van der Waals surface area contributed by atoms with E-state index in [4.69, 9.17) is 0 Å². The van der Waals surface area contributed by atoms with Crippen molar-refractivity contribution in [3.05, 3.63) is 243 Å². The van der Waals surface area contributed by atoms with Gasteiger partial charge in [0, 0.05) is 33.5 Å². The minimum Gasteiger partial charge on any atom is -0.310 e. The van der Waals surface area contributed by atoms with Crippen molar-refractivity contribution >= 4 is 49.6 Å². The highest BCUT2D eigenvalue weighted by Crippen LogP contribution is 2.43. The van der Waals surface area contributed by atoms with Gasteiger partial charge in [-0.1, -0.05) is 182 Å². The molecule has 282 valence electrons. The van der Waals surface area contributed by atoms with Gasteiger partial charge in [-0.3, -0.25) is 0 Å². The van der Waals surface area contributed by atoms with E-state index in [1.165, 1.54) is 71.6 Å². The van der Waals surface area contributed by atoms with Gasteiger partial charge in [0.15, 0.2) is 0 Å². The minimum atomic E-state index is 1.09. The molecule has 2 heteroatoms. The molecule has 0 spiro atoms. The van der Waals surface area contributed by atoms with Crippen LogP contribution in [0.3, 0.4) is 0 Å². The monoisotopic (exact) mass is 764 g/mol. The zero-order valence-electron chi connectivity index (χ0n) is 33.0. The second-order valence-electron chi connectivity index (χ2n) is 15.3. The molecule has 11 rings (SSSR count). The maximum atomic E-state index is 2.42. The van der Waals surface area contributed by atoms with Gasteiger partial charge in [0.05, 0.1) is 11.0 Å². The average molecular weight is 765 g/mol. The molecule has 0 fully saturated rings. The van der Waals surface area contributed by atoms with Gasteiger partial charge in [0.2, 0.25) is 0 Å². The summed E-state index contributed by atoms with van der Waals surface area (Å²) in [5.74, 6) is 0. The van der Waals surface area contributed by atoms with Crippen LogP contribution in [0, 0.1) is 0 Å². The number of nitrogens with zero attached hydrogens (tertiary/aromatic N) is 2. The van der Waals surface area contributed by atoms with Crippen molar-refractivity contribution in [1.29, 1.82) is 0 Å². The lowest BCUT2D eigenvalue weighted by Crippen LogP contribution is -2.10. The molecule has 0 amide bonds. The van der Waals surface area contributed by atoms with Gasteiger partial charge >= 0.3 is 0 Å². The lowest BCUT2D eigenvalue weighted by atomic mass is 9.92. The number of anilines is 3. The predicted octanol–water partition coefficient (Wildman–Crippen LogP) is 16.1. The van der Waals surface area contributed by atoms with Crippen LogP contribution in [0.25, 0.3) is 82.8 Å². The molecule has 0 bridgehead atoms. The van der Waals surface area contributed by atoms with E-state index in [1.807, 2.05) is 0 Å². The molecular weight excluding hydrogens is 725 g/mol. The smallest absolute Gasteiger partial charge is 0.0561 e. The Morgan fingerprint density at radius 3 is 1.52 bits per heavy atom. The normalized spacial score (nSPS) is 11.3. The first-order valence-electron chi connectivity index (χ1n) is 20.6. The van der Waals surface area contributed by atoms with Crippen LogP contribution in [0.2, 0.25) is 0 Å². The fourth-order valence-corrected chi connectivity index (χ4v) is 8.93. The number of fused-ring (bicyclic) bond motifs is 4. The van der Waals surface area contributed by atoms with Crippen molar-refractivity contribution in [1.82, 2.24) is 4.57 Å². The molecule has 0 atom stereocenters. The number of hydrogen-bond acceptors (Lipinski definition) is 1. The van der Waals surface area contributed by atoms with Crippen LogP contribution >= 0.6 is 0 Å². The number of hydrogen-bond donors (Lipinski definition) is 0. The van der Waals surface area contributed by atoms with Gasteiger partial charge < -0.3 is 9.47 Å². The second-order valence-corrected chi connectivity index (χ2v) is 15.3. The van der Waals surface area contributed by atoms with E-state index in [1.54, 1.807) is 0 Å². The van der Waals surface area contributed by atoms with Gasteiger partial charge in [-0.05, 0) is 116 Å². The van der Waals surface area contributed by atoms with Gasteiger partial charge in [-0.25, -0.2) is 0 Å². The van der Waals surface area contributed by atoms with Crippen molar-refractivity contribution < 1.29 is 0 Å². The molecule has 0 saturated heterocycles. The van der Waals surface area contributed by atoms with Crippen LogP contribution in [0.5, 0.6) is 0 Å². The zero-order chi connectivity index (χ0) is 39.8. The van der Waals surface area contributed by atoms with Crippen molar-refractivity contribution in [3.8, 4) is 50.2 Å². The predicted molar refractivity (Wildman–Crippen MR) is 255 cm³/mol. The first-order chi connectivity index (χ1) is 29.8. The topological polar surface area (TPSA) is 8.17 Å². The lowest BCUT2D eigenvalue weighted by molar-refractivity contribution is 1.18. The minimum absolute atomic E-state index is 1.09. The molecule has 10 aromatic carbocycles. The third-order valence-electron chi connectivity index (χ3n) is 11.8. The Labute approximate surface area is 350 Å². The van der Waals surface area contributed by atoms with E-state index < -0.39 is 0 Å². The molecule has 0 aliphatic rings. The Morgan fingerprint density at radius 1 is 0.267 bits per heavy atom. The van der Waals surface area contributed by atoms with Gasteiger partial charge in [-0.15, -0.1) is 0 Å². The van der Waals surface area contributed by atoms with Crippen LogP contribution < -0.4 is 4.90 Å². The lowest BCUT2D eigenvalue weighted by Gasteiger charge is -2.27. The van der Waals surface area contributed by atoms with Crippen LogP contribution in [-0.2, 0) is 0 Å². The Morgan fingerprint density at radius 2 is 0.783 bits per heavy atom. The number of para-hydroxylation sites is 2. The molecular formula is C58H40N2. The zero-order valence-corrected chi connectivity index (χ0v) is 33.0. The summed E-state index contributed by atoms with van der Waals surface area (Å²) in [5.41, 5.74) is 16.4. The molecule has 1 heterocycles. The molecule has 0 unspecified atom stereocenters. The summed E-state index contributed by atoms with van der Waals surface area (Å²) in [5, 5.41) is 4.93. The second kappa shape index (κ2) is 15.1. The highest BCUT2D eigenvalue weighted by Gasteiger charge is 2.20. The third-order valence-corrected chi connectivity index (χ3v) is 11.8. The molecule has 0 radical (unpaired) electrons. The Hall–Kier alpha value is -7.94. The number of aromatic nitrogens is 1. The largest absolute Gasteiger partial charge is 0.310 e. The molecule has 1 aromatic heterocycles. The maximum absolute atomic E-state index is 2.42. The van der Waals surface area contributed by atoms with E-state index in [9.17, 15) is 0 Å². The average Bonchev–Trinajstić information content (AvgIpc) is 3.66. The highest BCUT2D eigenvalue weighted by molar-refractivity contribution is 6.10. The van der Waals surface area contributed by atoms with E-state index in [0.29, 0.717) is 0 Å². The molecule has 0 saturated carbocycles. The Bertz CT molecular complexity index is 3290. The van der Waals surface area contributed by atoms with Crippen molar-refractivity contribution in [2.75, 3.05) is 4.90 Å². The number of benzene rings is 10. The summed E-state index contributed by atoms with van der Waals surface area (Å²) in [6.45, 7) is 0. The fourth-order valence-electron chi connectivity index (χ4n) is 8.93. The molecule has 0 aliphatic carbocycles. The van der Waals surface area contributed by atoms with Crippen LogP contribution in [0.1, 0.15) is 0 Å². The first-order valence-corrected chi connectivity index (χ1v) is 20.6. The van der Waals surface area contributed by atoms with E-state index in [2.05, 4.69) is 252 Å². The standard InChI is InChI=1S/C58H40N2/c1-4-17-42(18-5-1)51-24-12-13-25-52(51)44-30-32-48(33-31-44)60-57-27-15-14-26-54(57)55-37-35-50(40-58(55)60)59(47-22-8-3-9-23-47)49-34-36-53(56(39-49)43-19-6-2-7-20-43)46-29-28-41-16-10-11-21-45(41)38-46/h1-40H. The van der Waals surface area contributed by atoms with E-state index in [0.717, 1.165) is 28.3 Å². The summed E-state index contributed by atoms with van der Waals surface area (Å²) < 4.78 is 2.42. The maximum Gasteiger partial charge on any atom is 0.0561 e. The van der Waals surface area contributed by atoms with Crippen molar-refractivity contribution in [2.24, 2.45) is 0 Å². The quantitative estimate of drug-likeness (QED) is 0.150. The van der Waals surface area contributed by atoms with Crippen molar-refractivity contribution in [3.63, 3.8) is 0 Å². The fraction of sp³-hybridized carbons (Fsp3) is 0. The highest BCUT2D eigenvalue weighted by atomic mass is 15.1. The number of rotatable bonds is 8. The van der Waals surface area contributed by atoms with Crippen LogP contribution in [0.4, 0.5) is 17.1 Å². The molecule has 0 N–H and O–H groups in total. The Balaban J connectivity index is 1.07. The van der Waals surface area contributed by atoms with Gasteiger partial charge in [0.1, 0.15) is 0 Å². The van der Waals surface area contributed by atoms with Crippen LogP contribution in [0.15, 0.2) is 243 Å². The summed E-state index contributed by atoms with van der Waals surface area (Å²) >= 11 is 0. The van der Waals surface area contributed by atoms with E-state index >= 15 is 0 Å². The summed E-state index contributed by atoms with van der Waals surface area (Å²) in [6, 6.07) is 87.9. The molecule has 2 nitrogen and oxygen atoms in total. The molecule has 60 heavy (non-hydrogen) atoms. The summed E-state index contributed by atoms with van der Waals surface area (Å²) in [4.78, 5) is 2.39. The SMILES string of the molecule is c1ccc(-c2ccccc2-c2ccc(-n3c4ccccc4c4ccc(N(c5ccccc5)c5ccc(-c6ccc7ccccc7c6)c(-c6ccccc6)c5)cc43)cc2)cc1. The molecule has 11 aromatic rings. The van der Waals surface area contributed by atoms with E-state index in [-0.39, 0.29) is 0 Å². The molecule has 0 aliphatic heterocycles. The summed E-state index contributed by atoms with van der Waals surface area (Å²) in [6.07, 6.45) is 0. The first kappa shape index (κ1) is 35.2. The Kier molecular flexibility index (Phi) is 8.87. The van der Waals surface area contributed by atoms with Gasteiger partial charge in [0.25, 0.3) is 0 Å².